The highest BCUT2D eigenvalue weighted by Crippen LogP contribution is 2.11. The van der Waals surface area contributed by atoms with Gasteiger partial charge in [0.25, 0.3) is 0 Å². The Balaban J connectivity index is -0.000000585. The number of aliphatic hydroxyl groups excluding tert-OH is 2. The average molecular weight is 472 g/mol. The van der Waals surface area contributed by atoms with Gasteiger partial charge in [0.2, 0.25) is 0 Å². The molecule has 1 atom stereocenters. The molecule has 0 fully saturated rings. The Bertz CT molecular complexity index is 310. The van der Waals surface area contributed by atoms with Gasteiger partial charge in [-0.25, -0.2) is 0 Å². The predicted octanol–water partition coefficient (Wildman–Crippen LogP) is 9.45. The molecule has 0 aliphatic heterocycles. The van der Waals surface area contributed by atoms with Crippen LogP contribution < -0.4 is 5.73 Å². The van der Waals surface area contributed by atoms with Crippen LogP contribution in [0.1, 0.15) is 169 Å². The van der Waals surface area contributed by atoms with Crippen molar-refractivity contribution in [2.75, 3.05) is 6.61 Å². The van der Waals surface area contributed by atoms with Crippen LogP contribution in [0.15, 0.2) is 12.2 Å². The monoisotopic (exact) mass is 472 g/mol. The van der Waals surface area contributed by atoms with Crippen molar-refractivity contribution < 1.29 is 10.2 Å². The summed E-state index contributed by atoms with van der Waals surface area (Å²) in [6.45, 7) is 8.87. The van der Waals surface area contributed by atoms with Gasteiger partial charge in [0.05, 0.1) is 0 Å². The maximum Gasteiger partial charge on any atom is 0.102 e. The second-order valence-electron chi connectivity index (χ2n) is 9.14. The van der Waals surface area contributed by atoms with Crippen molar-refractivity contribution in [1.82, 2.24) is 0 Å². The van der Waals surface area contributed by atoms with Gasteiger partial charge in [-0.2, -0.15) is 0 Å². The minimum Gasteiger partial charge on any atom is -0.396 e. The van der Waals surface area contributed by atoms with Crippen LogP contribution >= 0.6 is 0 Å². The van der Waals surface area contributed by atoms with Gasteiger partial charge in [0.15, 0.2) is 0 Å². The number of hydrogen-bond donors (Lipinski definition) is 3. The molecular weight excluding hydrogens is 406 g/mol. The highest BCUT2D eigenvalue weighted by molar-refractivity contribution is 4.81. The van der Waals surface area contributed by atoms with Gasteiger partial charge in [-0.1, -0.05) is 136 Å². The zero-order chi connectivity index (χ0) is 25.3. The molecule has 0 bridgehead atoms. The number of rotatable bonds is 23. The number of nitrogens with two attached hydrogens (primary N) is 1. The zero-order valence-corrected chi connectivity index (χ0v) is 23.5. The molecule has 0 saturated heterocycles. The van der Waals surface area contributed by atoms with Gasteiger partial charge in [-0.15, -0.1) is 0 Å². The van der Waals surface area contributed by atoms with E-state index in [0.29, 0.717) is 6.61 Å². The van der Waals surface area contributed by atoms with Crippen LogP contribution in [-0.4, -0.2) is 23.0 Å². The number of hydrogen-bond acceptors (Lipinski definition) is 3. The van der Waals surface area contributed by atoms with Crippen molar-refractivity contribution in [3.8, 4) is 0 Å². The highest BCUT2D eigenvalue weighted by Gasteiger charge is 1.96. The standard InChI is InChI=1S/C18H37NO.C10H22O.C2H6/c1-2-3-4-5-6-7-8-9-10-11-12-13-14-15-16-17-18(19)20;1-2-3-4-5-6-7-8-9-10-11;1-2/h7-8,18,20H,2-6,9-17,19H2,1H3;11H,2-10H2,1H3;1-2H3/b8-7-;;. The fourth-order valence-corrected chi connectivity index (χ4v) is 3.67. The highest BCUT2D eigenvalue weighted by atomic mass is 16.3. The Morgan fingerprint density at radius 3 is 1.27 bits per heavy atom. The third kappa shape index (κ3) is 45.8. The summed E-state index contributed by atoms with van der Waals surface area (Å²) >= 11 is 0. The van der Waals surface area contributed by atoms with E-state index < -0.39 is 6.23 Å². The van der Waals surface area contributed by atoms with Crippen LogP contribution in [0.5, 0.6) is 0 Å². The van der Waals surface area contributed by atoms with Crippen molar-refractivity contribution in [2.45, 2.75) is 175 Å². The first kappa shape index (κ1) is 37.2. The molecule has 3 heteroatoms. The molecule has 1 unspecified atom stereocenters. The molecule has 0 aromatic heterocycles. The molecule has 0 aliphatic carbocycles. The van der Waals surface area contributed by atoms with E-state index in [-0.39, 0.29) is 0 Å². The average Bonchev–Trinajstić information content (AvgIpc) is 2.82. The molecule has 0 saturated carbocycles. The predicted molar refractivity (Wildman–Crippen MR) is 151 cm³/mol. The molecule has 33 heavy (non-hydrogen) atoms. The summed E-state index contributed by atoms with van der Waals surface area (Å²) in [6.07, 6.45) is 32.2. The number of aliphatic hydroxyl groups is 2. The van der Waals surface area contributed by atoms with Crippen LogP contribution in [0.4, 0.5) is 0 Å². The van der Waals surface area contributed by atoms with Gasteiger partial charge in [0.1, 0.15) is 6.23 Å². The lowest BCUT2D eigenvalue weighted by Gasteiger charge is -2.03. The summed E-state index contributed by atoms with van der Waals surface area (Å²) < 4.78 is 0. The maximum atomic E-state index is 8.93. The SMILES string of the molecule is CC.CCCCCC/C=C\CCCCCCCCCC(N)O.CCCCCCCCCCO. The Labute approximate surface area is 210 Å². The minimum atomic E-state index is -0.608. The molecule has 3 nitrogen and oxygen atoms in total. The Kier molecular flexibility index (Phi) is 43.8. The first-order chi connectivity index (χ1) is 16.2. The van der Waals surface area contributed by atoms with Crippen molar-refractivity contribution >= 4 is 0 Å². The lowest BCUT2D eigenvalue weighted by molar-refractivity contribution is 0.168. The summed E-state index contributed by atoms with van der Waals surface area (Å²) in [6, 6.07) is 0. The smallest absolute Gasteiger partial charge is 0.102 e. The molecule has 0 heterocycles. The summed E-state index contributed by atoms with van der Waals surface area (Å²) in [4.78, 5) is 0. The van der Waals surface area contributed by atoms with Crippen molar-refractivity contribution in [2.24, 2.45) is 5.73 Å². The van der Waals surface area contributed by atoms with Crippen LogP contribution in [0, 0.1) is 0 Å². The van der Waals surface area contributed by atoms with Crippen LogP contribution in [0.3, 0.4) is 0 Å². The molecule has 0 aromatic rings. The Morgan fingerprint density at radius 2 is 0.879 bits per heavy atom. The first-order valence-electron chi connectivity index (χ1n) is 14.9. The Hall–Kier alpha value is -0.380. The third-order valence-electron chi connectivity index (χ3n) is 5.77. The molecule has 4 N–H and O–H groups in total. The zero-order valence-electron chi connectivity index (χ0n) is 23.5. The van der Waals surface area contributed by atoms with Crippen LogP contribution in [0.25, 0.3) is 0 Å². The van der Waals surface area contributed by atoms with E-state index >= 15 is 0 Å². The van der Waals surface area contributed by atoms with Gasteiger partial charge in [-0.3, -0.25) is 0 Å². The molecule has 0 amide bonds. The van der Waals surface area contributed by atoms with Crippen molar-refractivity contribution in [3.63, 3.8) is 0 Å². The number of unbranched alkanes of at least 4 members (excludes halogenated alkanes) is 18. The third-order valence-corrected chi connectivity index (χ3v) is 5.77. The Morgan fingerprint density at radius 1 is 0.545 bits per heavy atom. The topological polar surface area (TPSA) is 66.5 Å². The van der Waals surface area contributed by atoms with E-state index in [9.17, 15) is 0 Å². The maximum absolute atomic E-state index is 8.93. The summed E-state index contributed by atoms with van der Waals surface area (Å²) in [5.41, 5.74) is 5.30. The fraction of sp³-hybridized carbons (Fsp3) is 0.933. The van der Waals surface area contributed by atoms with E-state index in [0.717, 1.165) is 19.3 Å². The molecule has 0 aromatic carbocycles. The van der Waals surface area contributed by atoms with E-state index in [4.69, 9.17) is 15.9 Å². The van der Waals surface area contributed by atoms with E-state index in [1.54, 1.807) is 0 Å². The molecule has 0 rings (SSSR count). The molecule has 0 radical (unpaired) electrons. The van der Waals surface area contributed by atoms with Crippen LogP contribution in [0.2, 0.25) is 0 Å². The fourth-order valence-electron chi connectivity index (χ4n) is 3.67. The summed E-state index contributed by atoms with van der Waals surface area (Å²) in [5, 5.41) is 17.4. The molecule has 0 spiro atoms. The van der Waals surface area contributed by atoms with Gasteiger partial charge in [-0.05, 0) is 44.9 Å². The lowest BCUT2D eigenvalue weighted by atomic mass is 10.1. The van der Waals surface area contributed by atoms with Crippen molar-refractivity contribution in [3.05, 3.63) is 12.2 Å². The summed E-state index contributed by atoms with van der Waals surface area (Å²) in [5.74, 6) is 0. The second kappa shape index (κ2) is 38.9. The van der Waals surface area contributed by atoms with Crippen LogP contribution in [-0.2, 0) is 0 Å². The second-order valence-corrected chi connectivity index (χ2v) is 9.14. The van der Waals surface area contributed by atoms with E-state index in [1.165, 1.54) is 122 Å². The van der Waals surface area contributed by atoms with E-state index in [1.807, 2.05) is 13.8 Å². The normalized spacial score (nSPS) is 11.6. The molecule has 202 valence electrons. The first-order valence-corrected chi connectivity index (χ1v) is 14.9. The summed E-state index contributed by atoms with van der Waals surface area (Å²) in [7, 11) is 0. The molecule has 0 aliphatic rings. The quantitative estimate of drug-likeness (QED) is 0.0789. The van der Waals surface area contributed by atoms with Gasteiger partial charge < -0.3 is 15.9 Å². The van der Waals surface area contributed by atoms with E-state index in [2.05, 4.69) is 26.0 Å². The van der Waals surface area contributed by atoms with Gasteiger partial charge >= 0.3 is 0 Å². The van der Waals surface area contributed by atoms with Gasteiger partial charge in [0, 0.05) is 6.61 Å². The lowest BCUT2D eigenvalue weighted by Crippen LogP contribution is -2.17. The minimum absolute atomic E-state index is 0.370. The largest absolute Gasteiger partial charge is 0.396 e. The molecular formula is C30H65NO2. The number of allylic oxidation sites excluding steroid dienone is 2. The van der Waals surface area contributed by atoms with Crippen molar-refractivity contribution in [1.29, 1.82) is 0 Å².